The monoisotopic (exact) mass is 409 g/mol. The predicted octanol–water partition coefficient (Wildman–Crippen LogP) is 2.66. The predicted molar refractivity (Wildman–Crippen MR) is 110 cm³/mol. The van der Waals surface area contributed by atoms with Crippen LogP contribution in [0.5, 0.6) is 0 Å². The summed E-state index contributed by atoms with van der Waals surface area (Å²) in [6.07, 6.45) is 0.356. The van der Waals surface area contributed by atoms with Crippen molar-refractivity contribution < 1.29 is 23.9 Å². The summed E-state index contributed by atoms with van der Waals surface area (Å²) in [5.41, 5.74) is 0.285. The van der Waals surface area contributed by atoms with Gasteiger partial charge in [0.15, 0.2) is 0 Å². The topological polar surface area (TPSA) is 105 Å². The largest absolute Gasteiger partial charge is 0.462 e. The normalized spacial score (nSPS) is 18.1. The number of nitrogens with one attached hydrogen (secondary N) is 2. The number of ether oxygens (including phenoxy) is 1. The highest BCUT2D eigenvalue weighted by Gasteiger charge is 2.51. The molecule has 4 amide bonds. The van der Waals surface area contributed by atoms with Gasteiger partial charge in [0.05, 0.1) is 12.2 Å². The van der Waals surface area contributed by atoms with Crippen molar-refractivity contribution in [3.8, 4) is 0 Å². The fourth-order valence-electron chi connectivity index (χ4n) is 3.38. The molecule has 1 aliphatic heterocycles. The highest BCUT2D eigenvalue weighted by Crippen LogP contribution is 2.32. The van der Waals surface area contributed by atoms with Crippen LogP contribution in [0, 0.1) is 0 Å². The fourth-order valence-corrected chi connectivity index (χ4v) is 3.38. The molecule has 0 spiro atoms. The van der Waals surface area contributed by atoms with Crippen LogP contribution in [0.3, 0.4) is 0 Å². The first-order chi connectivity index (χ1) is 14.4. The molecule has 0 aliphatic carbocycles. The van der Waals surface area contributed by atoms with Crippen LogP contribution in [-0.2, 0) is 19.9 Å². The zero-order valence-electron chi connectivity index (χ0n) is 16.8. The zero-order chi connectivity index (χ0) is 21.7. The van der Waals surface area contributed by atoms with Crippen molar-refractivity contribution in [2.75, 3.05) is 18.5 Å². The van der Waals surface area contributed by atoms with E-state index in [1.54, 1.807) is 50.2 Å². The molecule has 0 bridgehead atoms. The van der Waals surface area contributed by atoms with Gasteiger partial charge in [-0.05, 0) is 43.2 Å². The lowest BCUT2D eigenvalue weighted by atomic mass is 9.87. The molecule has 1 heterocycles. The van der Waals surface area contributed by atoms with Crippen LogP contribution in [0.1, 0.15) is 36.2 Å². The Kier molecular flexibility index (Phi) is 6.15. The van der Waals surface area contributed by atoms with Gasteiger partial charge in [-0.25, -0.2) is 9.59 Å². The summed E-state index contributed by atoms with van der Waals surface area (Å²) in [6.45, 7) is 3.37. The van der Waals surface area contributed by atoms with Crippen molar-refractivity contribution in [3.63, 3.8) is 0 Å². The summed E-state index contributed by atoms with van der Waals surface area (Å²) in [5, 5.41) is 5.37. The van der Waals surface area contributed by atoms with Crippen LogP contribution in [-0.4, -0.2) is 41.9 Å². The average molecular weight is 409 g/mol. The lowest BCUT2D eigenvalue weighted by Crippen LogP contribution is -2.44. The van der Waals surface area contributed by atoms with Crippen molar-refractivity contribution in [2.45, 2.75) is 25.8 Å². The quantitative estimate of drug-likeness (QED) is 0.540. The van der Waals surface area contributed by atoms with Crippen molar-refractivity contribution in [3.05, 3.63) is 65.7 Å². The molecule has 156 valence electrons. The van der Waals surface area contributed by atoms with Gasteiger partial charge in [-0.1, -0.05) is 37.3 Å². The number of nitrogens with zero attached hydrogens (tertiary/aromatic N) is 1. The number of rotatable bonds is 7. The number of amides is 4. The molecule has 0 unspecified atom stereocenters. The van der Waals surface area contributed by atoms with E-state index in [0.717, 1.165) is 4.90 Å². The molecule has 30 heavy (non-hydrogen) atoms. The summed E-state index contributed by atoms with van der Waals surface area (Å²) in [4.78, 5) is 50.6. The minimum atomic E-state index is -1.18. The van der Waals surface area contributed by atoms with Crippen LogP contribution in [0.15, 0.2) is 54.6 Å². The smallest absolute Gasteiger partial charge is 0.338 e. The standard InChI is InChI=1S/C22H23N3O5/c1-3-22(16-8-6-5-7-9-16)20(28)25(21(29)24-22)14-18(26)23-17-12-10-15(11-13-17)19(27)30-4-2/h5-13H,3-4,14H2,1-2H3,(H,23,26)(H,24,29)/t22-/m0/s1. The Balaban J connectivity index is 1.69. The van der Waals surface area contributed by atoms with Crippen LogP contribution < -0.4 is 10.6 Å². The molecule has 1 saturated heterocycles. The van der Waals surface area contributed by atoms with Crippen molar-refractivity contribution in [2.24, 2.45) is 0 Å². The first-order valence-electron chi connectivity index (χ1n) is 9.68. The van der Waals surface area contributed by atoms with Crippen molar-refractivity contribution >= 4 is 29.5 Å². The first kappa shape index (κ1) is 21.0. The molecule has 0 radical (unpaired) electrons. The number of benzene rings is 2. The Bertz CT molecular complexity index is 958. The lowest BCUT2D eigenvalue weighted by molar-refractivity contribution is -0.134. The third kappa shape index (κ3) is 4.03. The summed E-state index contributed by atoms with van der Waals surface area (Å²) >= 11 is 0. The maximum Gasteiger partial charge on any atom is 0.338 e. The maximum atomic E-state index is 13.0. The number of esters is 1. The van der Waals surface area contributed by atoms with Crippen molar-refractivity contribution in [1.29, 1.82) is 0 Å². The first-order valence-corrected chi connectivity index (χ1v) is 9.68. The SMILES string of the molecule is CCOC(=O)c1ccc(NC(=O)CN2C(=O)N[C@@](CC)(c3ccccc3)C2=O)cc1. The molecule has 8 nitrogen and oxygen atoms in total. The number of hydrogen-bond acceptors (Lipinski definition) is 5. The molecule has 2 N–H and O–H groups in total. The molecule has 3 rings (SSSR count). The number of carbonyl (C=O) groups excluding carboxylic acids is 4. The fraction of sp³-hybridized carbons (Fsp3) is 0.273. The third-order valence-corrected chi connectivity index (χ3v) is 4.95. The van der Waals surface area contributed by atoms with E-state index in [2.05, 4.69) is 10.6 Å². The second-order valence-corrected chi connectivity index (χ2v) is 6.79. The number of anilines is 1. The minimum Gasteiger partial charge on any atom is -0.462 e. The van der Waals surface area contributed by atoms with Gasteiger partial charge in [-0.3, -0.25) is 14.5 Å². The molecular weight excluding hydrogens is 386 g/mol. The molecule has 1 fully saturated rings. The van der Waals surface area contributed by atoms with Crippen LogP contribution in [0.25, 0.3) is 0 Å². The Hall–Kier alpha value is -3.68. The van der Waals surface area contributed by atoms with Gasteiger partial charge in [0.25, 0.3) is 5.91 Å². The molecule has 0 saturated carbocycles. The van der Waals surface area contributed by atoms with Gasteiger partial charge in [0.2, 0.25) is 5.91 Å². The minimum absolute atomic E-state index is 0.269. The summed E-state index contributed by atoms with van der Waals surface area (Å²) in [6, 6.07) is 14.5. The number of hydrogen-bond donors (Lipinski definition) is 2. The van der Waals surface area contributed by atoms with E-state index < -0.39 is 35.9 Å². The van der Waals surface area contributed by atoms with E-state index in [4.69, 9.17) is 4.74 Å². The Morgan fingerprint density at radius 3 is 2.30 bits per heavy atom. The van der Waals surface area contributed by atoms with Crippen LogP contribution in [0.2, 0.25) is 0 Å². The Morgan fingerprint density at radius 1 is 1.03 bits per heavy atom. The molecule has 2 aromatic carbocycles. The van der Waals surface area contributed by atoms with Gasteiger partial charge >= 0.3 is 12.0 Å². The van der Waals surface area contributed by atoms with E-state index in [1.165, 1.54) is 12.1 Å². The van der Waals surface area contributed by atoms with Gasteiger partial charge in [-0.2, -0.15) is 0 Å². The average Bonchev–Trinajstić information content (AvgIpc) is 3.00. The molecule has 2 aromatic rings. The molecular formula is C22H23N3O5. The van der Waals surface area contributed by atoms with E-state index in [0.29, 0.717) is 23.2 Å². The second kappa shape index (κ2) is 8.77. The van der Waals surface area contributed by atoms with E-state index >= 15 is 0 Å². The van der Waals surface area contributed by atoms with Gasteiger partial charge in [0, 0.05) is 5.69 Å². The number of carbonyl (C=O) groups is 4. The van der Waals surface area contributed by atoms with Gasteiger partial charge < -0.3 is 15.4 Å². The summed E-state index contributed by atoms with van der Waals surface area (Å²) in [5.74, 6) is -1.44. The number of urea groups is 1. The highest BCUT2D eigenvalue weighted by atomic mass is 16.5. The van der Waals surface area contributed by atoms with E-state index in [-0.39, 0.29) is 6.61 Å². The maximum absolute atomic E-state index is 13.0. The highest BCUT2D eigenvalue weighted by molar-refractivity contribution is 6.10. The molecule has 1 aliphatic rings. The van der Waals surface area contributed by atoms with Crippen molar-refractivity contribution in [1.82, 2.24) is 10.2 Å². The molecule has 0 aromatic heterocycles. The van der Waals surface area contributed by atoms with Crippen LogP contribution >= 0.6 is 0 Å². The Morgan fingerprint density at radius 2 is 1.70 bits per heavy atom. The van der Waals surface area contributed by atoms with E-state index in [1.807, 2.05) is 6.07 Å². The van der Waals surface area contributed by atoms with Gasteiger partial charge in [0.1, 0.15) is 12.1 Å². The molecule has 8 heteroatoms. The van der Waals surface area contributed by atoms with Gasteiger partial charge in [-0.15, -0.1) is 0 Å². The van der Waals surface area contributed by atoms with E-state index in [9.17, 15) is 19.2 Å². The number of imide groups is 1. The zero-order valence-corrected chi connectivity index (χ0v) is 16.8. The van der Waals surface area contributed by atoms with Crippen LogP contribution in [0.4, 0.5) is 10.5 Å². The second-order valence-electron chi connectivity index (χ2n) is 6.79. The summed E-state index contributed by atoms with van der Waals surface area (Å²) < 4.78 is 4.91. The third-order valence-electron chi connectivity index (χ3n) is 4.95. The lowest BCUT2D eigenvalue weighted by Gasteiger charge is -2.25. The molecule has 1 atom stereocenters. The Labute approximate surface area is 174 Å². The summed E-state index contributed by atoms with van der Waals surface area (Å²) in [7, 11) is 0.